The van der Waals surface area contributed by atoms with E-state index in [4.69, 9.17) is 0 Å². The summed E-state index contributed by atoms with van der Waals surface area (Å²) in [6, 6.07) is 2.17. The standard InChI is InChI=1S/C8H12BrNS/c1-7-3-4-11-8(7)5-10(2)6-9/h3-4H,5-6H2,1-2H3. The third-order valence-electron chi connectivity index (χ3n) is 1.59. The lowest BCUT2D eigenvalue weighted by molar-refractivity contribution is 0.393. The lowest BCUT2D eigenvalue weighted by atomic mass is 10.3. The minimum atomic E-state index is 0.935. The highest BCUT2D eigenvalue weighted by Gasteiger charge is 2.01. The Morgan fingerprint density at radius 3 is 2.82 bits per heavy atom. The number of rotatable bonds is 3. The molecule has 0 aromatic carbocycles. The molecule has 1 nitrogen and oxygen atoms in total. The highest BCUT2D eigenvalue weighted by atomic mass is 79.9. The van der Waals surface area contributed by atoms with Crippen LogP contribution in [0, 0.1) is 6.92 Å². The molecule has 0 unspecified atom stereocenters. The minimum Gasteiger partial charge on any atom is -0.291 e. The fourth-order valence-corrected chi connectivity index (χ4v) is 2.02. The molecular weight excluding hydrogens is 222 g/mol. The molecule has 0 saturated carbocycles. The summed E-state index contributed by atoms with van der Waals surface area (Å²) >= 11 is 5.25. The van der Waals surface area contributed by atoms with Crippen LogP contribution in [0.1, 0.15) is 10.4 Å². The molecule has 1 aromatic rings. The minimum absolute atomic E-state index is 0.935. The van der Waals surface area contributed by atoms with Crippen LogP contribution in [0.5, 0.6) is 0 Å². The lowest BCUT2D eigenvalue weighted by Gasteiger charge is -2.11. The Labute approximate surface area is 80.2 Å². The Kier molecular flexibility index (Phi) is 3.55. The fraction of sp³-hybridized carbons (Fsp3) is 0.500. The van der Waals surface area contributed by atoms with E-state index in [1.54, 1.807) is 0 Å². The SMILES string of the molecule is Cc1ccsc1CN(C)CBr. The zero-order valence-electron chi connectivity index (χ0n) is 6.80. The van der Waals surface area contributed by atoms with Gasteiger partial charge in [0, 0.05) is 11.4 Å². The van der Waals surface area contributed by atoms with E-state index in [0.29, 0.717) is 0 Å². The van der Waals surface area contributed by atoms with Crippen LogP contribution in [0.3, 0.4) is 0 Å². The Hall–Kier alpha value is 0.140. The van der Waals surface area contributed by atoms with Gasteiger partial charge in [0.15, 0.2) is 0 Å². The fourth-order valence-electron chi connectivity index (χ4n) is 0.853. The largest absolute Gasteiger partial charge is 0.291 e. The Bertz CT molecular complexity index is 222. The molecule has 0 spiro atoms. The number of hydrogen-bond acceptors (Lipinski definition) is 2. The zero-order chi connectivity index (χ0) is 8.27. The molecule has 1 rings (SSSR count). The maximum atomic E-state index is 3.42. The average molecular weight is 234 g/mol. The number of hydrogen-bond donors (Lipinski definition) is 0. The monoisotopic (exact) mass is 233 g/mol. The van der Waals surface area contributed by atoms with Gasteiger partial charge in [-0.2, -0.15) is 0 Å². The second kappa shape index (κ2) is 4.24. The Balaban J connectivity index is 2.56. The van der Waals surface area contributed by atoms with Crippen molar-refractivity contribution in [3.63, 3.8) is 0 Å². The normalized spacial score (nSPS) is 10.9. The Morgan fingerprint density at radius 2 is 2.36 bits per heavy atom. The van der Waals surface area contributed by atoms with Gasteiger partial charge in [0.2, 0.25) is 0 Å². The molecule has 1 heterocycles. The molecule has 3 heteroatoms. The maximum absolute atomic E-state index is 3.42. The molecule has 11 heavy (non-hydrogen) atoms. The molecule has 0 atom stereocenters. The van der Waals surface area contributed by atoms with E-state index in [1.807, 2.05) is 11.3 Å². The van der Waals surface area contributed by atoms with Gasteiger partial charge in [0.1, 0.15) is 0 Å². The van der Waals surface area contributed by atoms with E-state index in [2.05, 4.69) is 46.2 Å². The van der Waals surface area contributed by atoms with E-state index in [1.165, 1.54) is 10.4 Å². The van der Waals surface area contributed by atoms with Crippen molar-refractivity contribution >= 4 is 27.3 Å². The highest BCUT2D eigenvalue weighted by Crippen LogP contribution is 2.17. The van der Waals surface area contributed by atoms with Gasteiger partial charge in [0.25, 0.3) is 0 Å². The van der Waals surface area contributed by atoms with Crippen molar-refractivity contribution in [2.45, 2.75) is 13.5 Å². The van der Waals surface area contributed by atoms with E-state index in [-0.39, 0.29) is 0 Å². The molecule has 0 fully saturated rings. The molecule has 0 aliphatic heterocycles. The zero-order valence-corrected chi connectivity index (χ0v) is 9.20. The van der Waals surface area contributed by atoms with Gasteiger partial charge in [0.05, 0.1) is 5.45 Å². The molecular formula is C8H12BrNS. The predicted octanol–water partition coefficient (Wildman–Crippen LogP) is 2.84. The smallest absolute Gasteiger partial charge is 0.0543 e. The van der Waals surface area contributed by atoms with E-state index in [0.717, 1.165) is 12.0 Å². The molecule has 0 amide bonds. The van der Waals surface area contributed by atoms with Gasteiger partial charge in [-0.25, -0.2) is 0 Å². The van der Waals surface area contributed by atoms with Crippen molar-refractivity contribution in [2.75, 3.05) is 12.5 Å². The molecule has 0 radical (unpaired) electrons. The summed E-state index contributed by atoms with van der Waals surface area (Å²) in [6.07, 6.45) is 0. The molecule has 0 bridgehead atoms. The van der Waals surface area contributed by atoms with Crippen LogP contribution in [0.2, 0.25) is 0 Å². The average Bonchev–Trinajstić information content (AvgIpc) is 2.37. The van der Waals surface area contributed by atoms with Crippen molar-refractivity contribution in [3.05, 3.63) is 21.9 Å². The molecule has 1 aromatic heterocycles. The van der Waals surface area contributed by atoms with Gasteiger partial charge in [-0.15, -0.1) is 11.3 Å². The summed E-state index contributed by atoms with van der Waals surface area (Å²) in [5, 5.41) is 2.15. The number of halogens is 1. The van der Waals surface area contributed by atoms with Crippen LogP contribution in [0.25, 0.3) is 0 Å². The summed E-state index contributed by atoms with van der Waals surface area (Å²) in [4.78, 5) is 3.70. The lowest BCUT2D eigenvalue weighted by Crippen LogP contribution is -2.14. The van der Waals surface area contributed by atoms with E-state index >= 15 is 0 Å². The molecule has 62 valence electrons. The van der Waals surface area contributed by atoms with Crippen LogP contribution < -0.4 is 0 Å². The van der Waals surface area contributed by atoms with Crippen molar-refractivity contribution in [2.24, 2.45) is 0 Å². The summed E-state index contributed by atoms with van der Waals surface area (Å²) in [5.41, 5.74) is 2.34. The van der Waals surface area contributed by atoms with Crippen LogP contribution in [-0.2, 0) is 6.54 Å². The van der Waals surface area contributed by atoms with Crippen molar-refractivity contribution in [1.82, 2.24) is 4.90 Å². The van der Waals surface area contributed by atoms with Gasteiger partial charge in [-0.05, 0) is 31.0 Å². The molecule has 0 N–H and O–H groups in total. The van der Waals surface area contributed by atoms with Gasteiger partial charge < -0.3 is 0 Å². The summed E-state index contributed by atoms with van der Waals surface area (Å²) in [5.74, 6) is 0. The first-order valence-electron chi connectivity index (χ1n) is 3.51. The van der Waals surface area contributed by atoms with E-state index < -0.39 is 0 Å². The summed E-state index contributed by atoms with van der Waals surface area (Å²) in [7, 11) is 2.11. The van der Waals surface area contributed by atoms with Gasteiger partial charge >= 0.3 is 0 Å². The first-order chi connectivity index (χ1) is 5.24. The molecule has 0 aliphatic carbocycles. The van der Waals surface area contributed by atoms with Crippen molar-refractivity contribution in [1.29, 1.82) is 0 Å². The first kappa shape index (κ1) is 9.23. The van der Waals surface area contributed by atoms with Crippen molar-refractivity contribution in [3.8, 4) is 0 Å². The number of nitrogens with zero attached hydrogens (tertiary/aromatic N) is 1. The van der Waals surface area contributed by atoms with Gasteiger partial charge in [-0.3, -0.25) is 4.90 Å². The summed E-state index contributed by atoms with van der Waals surface area (Å²) in [6.45, 7) is 3.21. The Morgan fingerprint density at radius 1 is 1.64 bits per heavy atom. The van der Waals surface area contributed by atoms with Crippen LogP contribution in [0.4, 0.5) is 0 Å². The van der Waals surface area contributed by atoms with E-state index in [9.17, 15) is 0 Å². The first-order valence-corrected chi connectivity index (χ1v) is 5.51. The highest BCUT2D eigenvalue weighted by molar-refractivity contribution is 9.09. The van der Waals surface area contributed by atoms with Crippen LogP contribution >= 0.6 is 27.3 Å². The second-order valence-corrected chi connectivity index (χ2v) is 4.16. The topological polar surface area (TPSA) is 3.24 Å². The second-order valence-electron chi connectivity index (χ2n) is 2.66. The maximum Gasteiger partial charge on any atom is 0.0543 e. The number of aryl methyl sites for hydroxylation is 1. The quantitative estimate of drug-likeness (QED) is 0.574. The predicted molar refractivity (Wildman–Crippen MR) is 54.3 cm³/mol. The third kappa shape index (κ3) is 2.58. The van der Waals surface area contributed by atoms with Crippen LogP contribution in [-0.4, -0.2) is 17.4 Å². The summed E-state index contributed by atoms with van der Waals surface area (Å²) < 4.78 is 0. The van der Waals surface area contributed by atoms with Crippen molar-refractivity contribution < 1.29 is 0 Å². The van der Waals surface area contributed by atoms with Crippen LogP contribution in [0.15, 0.2) is 11.4 Å². The molecule has 0 saturated heterocycles. The number of alkyl halides is 1. The molecule has 0 aliphatic rings. The number of thiophene rings is 1. The van der Waals surface area contributed by atoms with Gasteiger partial charge in [-0.1, -0.05) is 15.9 Å². The third-order valence-corrected chi connectivity index (χ3v) is 3.45.